The van der Waals surface area contributed by atoms with E-state index >= 15 is 0 Å². The molecule has 21 heavy (non-hydrogen) atoms. The highest BCUT2D eigenvalue weighted by Crippen LogP contribution is 2.26. The standard InChI is InChI=1S/C16H25BrFN3/c1-20-7-5-12(6-8-20)11-21(2)16(10-19)13-3-4-14(17)15(18)9-13/h3-4,9,12,16H,5-8,10-11,19H2,1-2H3. The summed E-state index contributed by atoms with van der Waals surface area (Å²) in [5, 5.41) is 0. The minimum Gasteiger partial charge on any atom is -0.329 e. The molecule has 2 N–H and O–H groups in total. The third-order valence-corrected chi connectivity index (χ3v) is 5.11. The molecular weight excluding hydrogens is 333 g/mol. The van der Waals surface area contributed by atoms with Gasteiger partial charge in [0.25, 0.3) is 0 Å². The summed E-state index contributed by atoms with van der Waals surface area (Å²) in [6.07, 6.45) is 2.46. The zero-order valence-electron chi connectivity index (χ0n) is 12.9. The van der Waals surface area contributed by atoms with Gasteiger partial charge in [-0.05, 0) is 79.6 Å². The lowest BCUT2D eigenvalue weighted by Gasteiger charge is -2.35. The monoisotopic (exact) mass is 357 g/mol. The molecule has 1 atom stereocenters. The third-order valence-electron chi connectivity index (χ3n) is 4.47. The fourth-order valence-corrected chi connectivity index (χ4v) is 3.32. The number of nitrogens with two attached hydrogens (primary N) is 1. The molecule has 0 spiro atoms. The lowest BCUT2D eigenvalue weighted by molar-refractivity contribution is 0.151. The van der Waals surface area contributed by atoms with Crippen molar-refractivity contribution in [2.24, 2.45) is 11.7 Å². The Balaban J connectivity index is 2.00. The molecule has 0 radical (unpaired) electrons. The van der Waals surface area contributed by atoms with E-state index in [1.165, 1.54) is 25.9 Å². The van der Waals surface area contributed by atoms with Crippen molar-refractivity contribution in [3.05, 3.63) is 34.1 Å². The minimum absolute atomic E-state index is 0.0762. The van der Waals surface area contributed by atoms with Gasteiger partial charge < -0.3 is 10.6 Å². The van der Waals surface area contributed by atoms with Crippen LogP contribution in [0, 0.1) is 11.7 Å². The summed E-state index contributed by atoms with van der Waals surface area (Å²) in [6, 6.07) is 5.38. The molecule has 1 aromatic carbocycles. The summed E-state index contributed by atoms with van der Waals surface area (Å²) in [4.78, 5) is 4.65. The van der Waals surface area contributed by atoms with Crippen molar-refractivity contribution >= 4 is 15.9 Å². The first-order chi connectivity index (χ1) is 10.0. The van der Waals surface area contributed by atoms with Gasteiger partial charge in [-0.2, -0.15) is 0 Å². The molecule has 1 unspecified atom stereocenters. The Morgan fingerprint density at radius 2 is 2.10 bits per heavy atom. The predicted octanol–water partition coefficient (Wildman–Crippen LogP) is 2.86. The maximum atomic E-state index is 13.7. The molecule has 0 aromatic heterocycles. The Kier molecular flexibility index (Phi) is 6.17. The average molecular weight is 358 g/mol. The summed E-state index contributed by atoms with van der Waals surface area (Å²) in [5.41, 5.74) is 6.89. The van der Waals surface area contributed by atoms with Gasteiger partial charge in [0, 0.05) is 19.1 Å². The molecule has 1 aliphatic heterocycles. The van der Waals surface area contributed by atoms with E-state index in [1.54, 1.807) is 12.1 Å². The van der Waals surface area contributed by atoms with Crippen LogP contribution >= 0.6 is 15.9 Å². The van der Waals surface area contributed by atoms with Crippen LogP contribution in [0.4, 0.5) is 4.39 Å². The smallest absolute Gasteiger partial charge is 0.137 e. The lowest BCUT2D eigenvalue weighted by atomic mass is 9.95. The zero-order valence-corrected chi connectivity index (χ0v) is 14.4. The first-order valence-electron chi connectivity index (χ1n) is 7.55. The van der Waals surface area contributed by atoms with Crippen molar-refractivity contribution in [3.63, 3.8) is 0 Å². The summed E-state index contributed by atoms with van der Waals surface area (Å²) >= 11 is 3.20. The first kappa shape index (κ1) is 16.9. The van der Waals surface area contributed by atoms with Crippen molar-refractivity contribution in [1.82, 2.24) is 9.80 Å². The van der Waals surface area contributed by atoms with E-state index in [2.05, 4.69) is 39.8 Å². The maximum absolute atomic E-state index is 13.7. The number of benzene rings is 1. The lowest BCUT2D eigenvalue weighted by Crippen LogP contribution is -2.38. The Bertz CT molecular complexity index is 461. The van der Waals surface area contributed by atoms with Crippen LogP contribution in [0.25, 0.3) is 0 Å². The van der Waals surface area contributed by atoms with Crippen LogP contribution in [0.2, 0.25) is 0 Å². The van der Waals surface area contributed by atoms with Crippen LogP contribution < -0.4 is 5.73 Å². The zero-order chi connectivity index (χ0) is 15.4. The Morgan fingerprint density at radius 3 is 2.67 bits per heavy atom. The largest absolute Gasteiger partial charge is 0.329 e. The highest BCUT2D eigenvalue weighted by Gasteiger charge is 2.22. The van der Waals surface area contributed by atoms with Crippen LogP contribution in [0.5, 0.6) is 0 Å². The van der Waals surface area contributed by atoms with E-state index in [-0.39, 0.29) is 11.9 Å². The van der Waals surface area contributed by atoms with Crippen LogP contribution in [-0.2, 0) is 0 Å². The molecule has 1 fully saturated rings. The second-order valence-corrected chi connectivity index (χ2v) is 6.97. The van der Waals surface area contributed by atoms with Gasteiger partial charge in [-0.3, -0.25) is 4.90 Å². The Hall–Kier alpha value is -0.490. The molecule has 118 valence electrons. The summed E-state index contributed by atoms with van der Waals surface area (Å²) < 4.78 is 14.2. The number of hydrogen-bond donors (Lipinski definition) is 1. The molecule has 2 rings (SSSR count). The van der Waals surface area contributed by atoms with Crippen molar-refractivity contribution in [1.29, 1.82) is 0 Å². The van der Waals surface area contributed by atoms with Gasteiger partial charge in [-0.25, -0.2) is 4.39 Å². The normalized spacial score (nSPS) is 19.1. The molecule has 0 amide bonds. The molecule has 0 bridgehead atoms. The number of piperidine rings is 1. The van der Waals surface area contributed by atoms with E-state index in [4.69, 9.17) is 5.73 Å². The number of likely N-dealkylation sites (tertiary alicyclic amines) is 1. The van der Waals surface area contributed by atoms with Gasteiger partial charge in [0.2, 0.25) is 0 Å². The minimum atomic E-state index is -0.223. The van der Waals surface area contributed by atoms with Crippen molar-refractivity contribution < 1.29 is 4.39 Å². The van der Waals surface area contributed by atoms with E-state index in [0.29, 0.717) is 16.9 Å². The van der Waals surface area contributed by atoms with Crippen LogP contribution in [0.15, 0.2) is 22.7 Å². The number of hydrogen-bond acceptors (Lipinski definition) is 3. The summed E-state index contributed by atoms with van der Waals surface area (Å²) in [7, 11) is 4.27. The number of rotatable bonds is 5. The van der Waals surface area contributed by atoms with E-state index in [0.717, 1.165) is 12.1 Å². The van der Waals surface area contributed by atoms with Crippen LogP contribution in [0.3, 0.4) is 0 Å². The summed E-state index contributed by atoms with van der Waals surface area (Å²) in [6.45, 7) is 3.86. The molecule has 1 heterocycles. The molecule has 0 aliphatic carbocycles. The topological polar surface area (TPSA) is 32.5 Å². The van der Waals surface area contributed by atoms with E-state index in [1.807, 2.05) is 6.07 Å². The predicted molar refractivity (Wildman–Crippen MR) is 88.7 cm³/mol. The molecule has 1 saturated heterocycles. The third kappa shape index (κ3) is 4.49. The van der Waals surface area contributed by atoms with Crippen molar-refractivity contribution in [3.8, 4) is 0 Å². The highest BCUT2D eigenvalue weighted by molar-refractivity contribution is 9.10. The molecule has 0 saturated carbocycles. The molecule has 1 aromatic rings. The fourth-order valence-electron chi connectivity index (χ4n) is 3.07. The van der Waals surface area contributed by atoms with Crippen LogP contribution in [-0.4, -0.2) is 50.1 Å². The van der Waals surface area contributed by atoms with Gasteiger partial charge in [-0.1, -0.05) is 6.07 Å². The van der Waals surface area contributed by atoms with Crippen molar-refractivity contribution in [2.45, 2.75) is 18.9 Å². The fraction of sp³-hybridized carbons (Fsp3) is 0.625. The average Bonchev–Trinajstić information content (AvgIpc) is 2.46. The SMILES string of the molecule is CN1CCC(CN(C)C(CN)c2ccc(Br)c(F)c2)CC1. The quantitative estimate of drug-likeness (QED) is 0.879. The Labute approximate surface area is 135 Å². The molecule has 1 aliphatic rings. The van der Waals surface area contributed by atoms with E-state index in [9.17, 15) is 4.39 Å². The van der Waals surface area contributed by atoms with Crippen LogP contribution in [0.1, 0.15) is 24.4 Å². The van der Waals surface area contributed by atoms with Gasteiger partial charge in [0.15, 0.2) is 0 Å². The van der Waals surface area contributed by atoms with Gasteiger partial charge in [-0.15, -0.1) is 0 Å². The van der Waals surface area contributed by atoms with Gasteiger partial charge >= 0.3 is 0 Å². The Morgan fingerprint density at radius 1 is 1.43 bits per heavy atom. The van der Waals surface area contributed by atoms with Crippen molar-refractivity contribution in [2.75, 3.05) is 40.3 Å². The molecular formula is C16H25BrFN3. The second kappa shape index (κ2) is 7.68. The molecule has 3 nitrogen and oxygen atoms in total. The van der Waals surface area contributed by atoms with E-state index < -0.39 is 0 Å². The van der Waals surface area contributed by atoms with Gasteiger partial charge in [0.05, 0.1) is 4.47 Å². The number of likely N-dealkylation sites (N-methyl/N-ethyl adjacent to an activating group) is 1. The highest BCUT2D eigenvalue weighted by atomic mass is 79.9. The second-order valence-electron chi connectivity index (χ2n) is 6.11. The summed E-state index contributed by atoms with van der Waals surface area (Å²) in [5.74, 6) is 0.485. The first-order valence-corrected chi connectivity index (χ1v) is 8.34. The maximum Gasteiger partial charge on any atom is 0.137 e. The molecule has 5 heteroatoms. The number of halogens is 2. The number of nitrogens with zero attached hydrogens (tertiary/aromatic N) is 2. The van der Waals surface area contributed by atoms with Gasteiger partial charge in [0.1, 0.15) is 5.82 Å².